The minimum absolute atomic E-state index is 0.154. The van der Waals surface area contributed by atoms with E-state index in [4.69, 9.17) is 4.12 Å². The number of aryl methyl sites for hydroxylation is 12. The Morgan fingerprint density at radius 2 is 0.529 bits per heavy atom. The van der Waals surface area contributed by atoms with Gasteiger partial charge >= 0.3 is 0 Å². The Labute approximate surface area is 315 Å². The van der Waals surface area contributed by atoms with Crippen LogP contribution in [0.5, 0.6) is 0 Å². The molecule has 51 heavy (non-hydrogen) atoms. The van der Waals surface area contributed by atoms with Gasteiger partial charge in [0.2, 0.25) is 16.6 Å². The molecule has 0 amide bonds. The van der Waals surface area contributed by atoms with Crippen molar-refractivity contribution in [2.24, 2.45) is 10.8 Å². The van der Waals surface area contributed by atoms with Crippen LogP contribution >= 0.6 is 0 Å². The molecule has 3 heteroatoms. The molecule has 4 rings (SSSR count). The number of hydrogen-bond donors (Lipinski definition) is 0. The van der Waals surface area contributed by atoms with Crippen molar-refractivity contribution in [3.8, 4) is 0 Å². The highest BCUT2D eigenvalue weighted by molar-refractivity contribution is 7.10. The number of rotatable bonds is 10. The molecule has 0 radical (unpaired) electrons. The minimum Gasteiger partial charge on any atom is -0.442 e. The molecule has 0 heterocycles. The second-order valence-electron chi connectivity index (χ2n) is 19.0. The second-order valence-corrected chi connectivity index (χ2v) is 26.1. The van der Waals surface area contributed by atoms with Crippen LogP contribution in [0.1, 0.15) is 121 Å². The lowest BCUT2D eigenvalue weighted by Gasteiger charge is -2.48. The van der Waals surface area contributed by atoms with Crippen molar-refractivity contribution in [2.75, 3.05) is 0 Å². The largest absolute Gasteiger partial charge is 0.442 e. The maximum atomic E-state index is 9.04. The minimum atomic E-state index is -3.04. The van der Waals surface area contributed by atoms with Gasteiger partial charge < -0.3 is 4.12 Å². The highest BCUT2D eigenvalue weighted by atomic mass is 28.4. The van der Waals surface area contributed by atoms with E-state index >= 15 is 0 Å². The fourth-order valence-electron chi connectivity index (χ4n) is 9.72. The molecule has 0 fully saturated rings. The standard InChI is InChI=1S/C48H70OSi2/c1-31-23-35(5)43(36(6)24-31)50(21-19-47(13,14)15,44-37(7)25-32(2)26-38(44)8)49-51(22-20-48(16,17)18,45-39(9)27-33(3)28-40(45)10)46-41(11)29-34(4)30-42(46)12/h23-30H,19-22H2,1-18H3. The lowest BCUT2D eigenvalue weighted by atomic mass is 9.93. The molecule has 0 aliphatic rings. The van der Waals surface area contributed by atoms with Crippen molar-refractivity contribution >= 4 is 37.4 Å². The molecule has 4 aromatic carbocycles. The molecular weight excluding hydrogens is 649 g/mol. The lowest BCUT2D eigenvalue weighted by Crippen LogP contribution is -2.75. The van der Waals surface area contributed by atoms with E-state index in [-0.39, 0.29) is 10.8 Å². The van der Waals surface area contributed by atoms with Gasteiger partial charge in [-0.3, -0.25) is 0 Å². The molecule has 0 aromatic heterocycles. The van der Waals surface area contributed by atoms with E-state index in [2.05, 4.69) is 173 Å². The first-order valence-corrected chi connectivity index (χ1v) is 23.7. The predicted molar refractivity (Wildman–Crippen MR) is 231 cm³/mol. The average molecular weight is 719 g/mol. The third kappa shape index (κ3) is 8.74. The van der Waals surface area contributed by atoms with Crippen LogP contribution in [0.3, 0.4) is 0 Å². The summed E-state index contributed by atoms with van der Waals surface area (Å²) in [5.74, 6) is 0. The zero-order valence-electron chi connectivity index (χ0n) is 35.9. The Morgan fingerprint density at radius 3 is 0.686 bits per heavy atom. The molecule has 0 N–H and O–H groups in total. The summed E-state index contributed by atoms with van der Waals surface area (Å²) >= 11 is 0. The fourth-order valence-corrected chi connectivity index (χ4v) is 23.9. The van der Waals surface area contributed by atoms with Gasteiger partial charge in [-0.2, -0.15) is 0 Å². The Hall–Kier alpha value is -2.73. The van der Waals surface area contributed by atoms with Gasteiger partial charge in [-0.05, 0) is 184 Å². The number of benzene rings is 4. The molecule has 0 atom stereocenters. The fraction of sp³-hybridized carbons (Fsp3) is 0.500. The second kappa shape index (κ2) is 15.0. The van der Waals surface area contributed by atoms with Gasteiger partial charge in [-0.15, -0.1) is 0 Å². The summed E-state index contributed by atoms with van der Waals surface area (Å²) < 4.78 is 9.04. The first-order chi connectivity index (χ1) is 23.4. The van der Waals surface area contributed by atoms with Gasteiger partial charge in [-0.25, -0.2) is 0 Å². The Morgan fingerprint density at radius 1 is 0.353 bits per heavy atom. The van der Waals surface area contributed by atoms with E-state index in [1.54, 1.807) is 0 Å². The van der Waals surface area contributed by atoms with Crippen molar-refractivity contribution in [2.45, 2.75) is 150 Å². The first kappa shape index (κ1) is 41.0. The smallest absolute Gasteiger partial charge is 0.246 e. The third-order valence-electron chi connectivity index (χ3n) is 11.1. The van der Waals surface area contributed by atoms with Crippen molar-refractivity contribution in [1.29, 1.82) is 0 Å². The van der Waals surface area contributed by atoms with E-state index in [1.165, 1.54) is 87.5 Å². The molecule has 0 aliphatic heterocycles. The summed E-state index contributed by atoms with van der Waals surface area (Å²) in [7, 11) is -6.07. The van der Waals surface area contributed by atoms with Crippen LogP contribution in [-0.4, -0.2) is 16.6 Å². The van der Waals surface area contributed by atoms with Gasteiger partial charge in [-0.1, -0.05) is 112 Å². The van der Waals surface area contributed by atoms with Crippen LogP contribution in [0.2, 0.25) is 12.1 Å². The summed E-state index contributed by atoms with van der Waals surface area (Å²) in [6.07, 6.45) is 2.19. The third-order valence-corrected chi connectivity index (χ3v) is 22.2. The molecule has 276 valence electrons. The van der Waals surface area contributed by atoms with Crippen LogP contribution in [-0.2, 0) is 4.12 Å². The van der Waals surface area contributed by atoms with Crippen molar-refractivity contribution in [3.63, 3.8) is 0 Å². The van der Waals surface area contributed by atoms with Gasteiger partial charge in [0.15, 0.2) is 0 Å². The molecule has 0 bridgehead atoms. The molecule has 0 spiro atoms. The highest BCUT2D eigenvalue weighted by Crippen LogP contribution is 2.37. The predicted octanol–water partition coefficient (Wildman–Crippen LogP) is 11.1. The molecule has 0 saturated heterocycles. The Bertz CT molecular complexity index is 1570. The molecular formula is C48H70OSi2. The van der Waals surface area contributed by atoms with Crippen molar-refractivity contribution < 1.29 is 4.12 Å². The zero-order valence-corrected chi connectivity index (χ0v) is 37.9. The topological polar surface area (TPSA) is 9.23 Å². The average Bonchev–Trinajstić information content (AvgIpc) is 2.92. The lowest BCUT2D eigenvalue weighted by molar-refractivity contribution is 0.381. The summed E-state index contributed by atoms with van der Waals surface area (Å²) in [5, 5.41) is 6.02. The Balaban J connectivity index is 2.38. The maximum Gasteiger partial charge on any atom is 0.246 e. The van der Waals surface area contributed by atoms with E-state index in [0.717, 1.165) is 24.9 Å². The zero-order chi connectivity index (χ0) is 38.4. The normalized spacial score (nSPS) is 12.9. The highest BCUT2D eigenvalue weighted by Gasteiger charge is 2.54. The number of hydrogen-bond acceptors (Lipinski definition) is 1. The molecule has 0 saturated carbocycles. The summed E-state index contributed by atoms with van der Waals surface area (Å²) in [4.78, 5) is 0. The van der Waals surface area contributed by atoms with E-state index in [1.807, 2.05) is 0 Å². The monoisotopic (exact) mass is 718 g/mol. The molecule has 0 aliphatic carbocycles. The summed E-state index contributed by atoms with van der Waals surface area (Å²) in [6.45, 7) is 42.5. The van der Waals surface area contributed by atoms with Crippen LogP contribution in [0, 0.1) is 93.9 Å². The van der Waals surface area contributed by atoms with Crippen LogP contribution in [0.15, 0.2) is 48.5 Å². The van der Waals surface area contributed by atoms with Gasteiger partial charge in [0.05, 0.1) is 0 Å². The van der Waals surface area contributed by atoms with Crippen LogP contribution in [0.25, 0.3) is 0 Å². The van der Waals surface area contributed by atoms with Gasteiger partial charge in [0.1, 0.15) is 0 Å². The first-order valence-electron chi connectivity index (χ1n) is 19.4. The molecule has 4 aromatic rings. The summed E-state index contributed by atoms with van der Waals surface area (Å²) in [5.41, 5.74) is 16.7. The van der Waals surface area contributed by atoms with E-state index < -0.39 is 16.6 Å². The van der Waals surface area contributed by atoms with Crippen molar-refractivity contribution in [3.05, 3.63) is 115 Å². The summed E-state index contributed by atoms with van der Waals surface area (Å²) in [6, 6.07) is 21.6. The van der Waals surface area contributed by atoms with E-state index in [0.29, 0.717) is 0 Å². The Kier molecular flexibility index (Phi) is 12.0. The molecule has 0 unspecified atom stereocenters. The maximum absolute atomic E-state index is 9.04. The SMILES string of the molecule is Cc1cc(C)c([Si](CCC(C)(C)C)(O[Si](CCC(C)(C)C)(c2c(C)cc(C)cc2C)c2c(C)cc(C)cc2C)c2c(C)cc(C)cc2C)c(C)c1. The van der Waals surface area contributed by atoms with Crippen LogP contribution in [0.4, 0.5) is 0 Å². The van der Waals surface area contributed by atoms with Crippen LogP contribution < -0.4 is 20.7 Å². The molecule has 1 nitrogen and oxygen atoms in total. The van der Waals surface area contributed by atoms with Crippen molar-refractivity contribution in [1.82, 2.24) is 0 Å². The van der Waals surface area contributed by atoms with E-state index in [9.17, 15) is 0 Å². The quantitative estimate of drug-likeness (QED) is 0.148. The van der Waals surface area contributed by atoms with Gasteiger partial charge in [0.25, 0.3) is 0 Å². The van der Waals surface area contributed by atoms with Gasteiger partial charge in [0, 0.05) is 0 Å².